The van der Waals surface area contributed by atoms with Gasteiger partial charge in [-0.25, -0.2) is 4.39 Å². The minimum absolute atomic E-state index is 0.545. The minimum Gasteiger partial charge on any atom is -0.314 e. The van der Waals surface area contributed by atoms with Gasteiger partial charge in [0.25, 0.3) is 0 Å². The quantitative estimate of drug-likeness (QED) is 0.591. The average molecular weight is 145 g/mol. The normalized spacial score (nSPS) is 34.8. The molecule has 0 aromatic carbocycles. The summed E-state index contributed by atoms with van der Waals surface area (Å²) < 4.78 is 12.7. The van der Waals surface area contributed by atoms with Gasteiger partial charge in [0.2, 0.25) is 0 Å². The molecule has 0 amide bonds. The van der Waals surface area contributed by atoms with E-state index in [4.69, 9.17) is 0 Å². The van der Waals surface area contributed by atoms with E-state index < -0.39 is 6.17 Å². The van der Waals surface area contributed by atoms with Crippen LogP contribution in [0.4, 0.5) is 4.39 Å². The molecule has 1 N–H and O–H groups in total. The van der Waals surface area contributed by atoms with Crippen molar-refractivity contribution in [3.8, 4) is 0 Å². The zero-order valence-electron chi connectivity index (χ0n) is 6.73. The third-order valence-electron chi connectivity index (χ3n) is 2.27. The largest absolute Gasteiger partial charge is 0.314 e. The number of alkyl halides is 1. The van der Waals surface area contributed by atoms with Crippen molar-refractivity contribution in [2.24, 2.45) is 11.8 Å². The van der Waals surface area contributed by atoms with Crippen LogP contribution >= 0.6 is 0 Å². The number of nitrogens with one attached hydrogen (secondary N) is 1. The molecule has 1 nitrogen and oxygen atoms in total. The van der Waals surface area contributed by atoms with Gasteiger partial charge < -0.3 is 5.32 Å². The van der Waals surface area contributed by atoms with E-state index in [1.807, 2.05) is 0 Å². The van der Waals surface area contributed by atoms with Crippen LogP contribution in [-0.2, 0) is 0 Å². The zero-order chi connectivity index (χ0) is 7.56. The number of hydrogen-bond acceptors (Lipinski definition) is 1. The average Bonchev–Trinajstić information content (AvgIpc) is 1.88. The molecule has 1 rings (SSSR count). The fourth-order valence-corrected chi connectivity index (χ4v) is 1.43. The molecule has 0 aromatic rings. The Balaban J connectivity index is 2.32. The molecule has 0 radical (unpaired) electrons. The summed E-state index contributed by atoms with van der Waals surface area (Å²) in [7, 11) is 0. The number of piperidine rings is 1. The van der Waals surface area contributed by atoms with Gasteiger partial charge >= 0.3 is 0 Å². The lowest BCUT2D eigenvalue weighted by atomic mass is 9.88. The van der Waals surface area contributed by atoms with Crippen molar-refractivity contribution in [2.45, 2.75) is 26.4 Å². The Morgan fingerprint density at radius 3 is 2.50 bits per heavy atom. The highest BCUT2D eigenvalue weighted by Crippen LogP contribution is 2.20. The zero-order valence-corrected chi connectivity index (χ0v) is 6.73. The van der Waals surface area contributed by atoms with E-state index in [-0.39, 0.29) is 0 Å². The second-order valence-electron chi connectivity index (χ2n) is 3.50. The van der Waals surface area contributed by atoms with E-state index in [0.717, 1.165) is 13.0 Å². The Morgan fingerprint density at radius 2 is 2.10 bits per heavy atom. The van der Waals surface area contributed by atoms with Crippen molar-refractivity contribution in [2.75, 3.05) is 13.1 Å². The molecular weight excluding hydrogens is 129 g/mol. The van der Waals surface area contributed by atoms with Gasteiger partial charge in [0.1, 0.15) is 6.17 Å². The molecule has 0 aliphatic carbocycles. The van der Waals surface area contributed by atoms with Crippen LogP contribution < -0.4 is 5.32 Å². The second-order valence-corrected chi connectivity index (χ2v) is 3.50. The van der Waals surface area contributed by atoms with Gasteiger partial charge in [-0.15, -0.1) is 0 Å². The van der Waals surface area contributed by atoms with Crippen molar-refractivity contribution < 1.29 is 4.39 Å². The molecule has 60 valence electrons. The Hall–Kier alpha value is -0.110. The van der Waals surface area contributed by atoms with Gasteiger partial charge in [-0.2, -0.15) is 0 Å². The summed E-state index contributed by atoms with van der Waals surface area (Å²) in [6.45, 7) is 5.87. The molecule has 2 unspecified atom stereocenters. The molecule has 1 aliphatic rings. The lowest BCUT2D eigenvalue weighted by molar-refractivity contribution is 0.183. The lowest BCUT2D eigenvalue weighted by Crippen LogP contribution is -2.39. The van der Waals surface area contributed by atoms with Crippen LogP contribution in [0.3, 0.4) is 0 Å². The van der Waals surface area contributed by atoms with Crippen molar-refractivity contribution in [1.29, 1.82) is 0 Å². The summed E-state index contributed by atoms with van der Waals surface area (Å²) in [5.41, 5.74) is 0. The van der Waals surface area contributed by atoms with Crippen LogP contribution in [0.5, 0.6) is 0 Å². The maximum atomic E-state index is 12.7. The molecule has 1 heterocycles. The summed E-state index contributed by atoms with van der Waals surface area (Å²) in [5, 5.41) is 3.09. The van der Waals surface area contributed by atoms with Gasteiger partial charge in [-0.05, 0) is 24.8 Å². The smallest absolute Gasteiger partial charge is 0.113 e. The minimum atomic E-state index is -0.610. The third kappa shape index (κ3) is 1.94. The molecule has 1 fully saturated rings. The first-order valence-electron chi connectivity index (χ1n) is 4.05. The van der Waals surface area contributed by atoms with E-state index in [0.29, 0.717) is 18.4 Å². The van der Waals surface area contributed by atoms with E-state index in [1.54, 1.807) is 0 Å². The molecule has 1 aliphatic heterocycles. The summed E-state index contributed by atoms with van der Waals surface area (Å²) in [6, 6.07) is 0. The fourth-order valence-electron chi connectivity index (χ4n) is 1.43. The van der Waals surface area contributed by atoms with Crippen LogP contribution in [0, 0.1) is 11.8 Å². The predicted octanol–water partition coefficient (Wildman–Crippen LogP) is 1.59. The topological polar surface area (TPSA) is 12.0 Å². The lowest BCUT2D eigenvalue weighted by Gasteiger charge is -2.28. The molecule has 0 saturated carbocycles. The Morgan fingerprint density at radius 1 is 1.40 bits per heavy atom. The fraction of sp³-hybridized carbons (Fsp3) is 1.00. The first-order valence-corrected chi connectivity index (χ1v) is 4.05. The number of hydrogen-bond donors (Lipinski definition) is 1. The van der Waals surface area contributed by atoms with Crippen molar-refractivity contribution >= 4 is 0 Å². The highest BCUT2D eigenvalue weighted by Gasteiger charge is 2.22. The molecule has 0 aromatic heterocycles. The Labute approximate surface area is 62.0 Å². The van der Waals surface area contributed by atoms with E-state index in [1.165, 1.54) is 0 Å². The maximum absolute atomic E-state index is 12.7. The Bertz CT molecular complexity index is 103. The molecule has 0 spiro atoms. The summed E-state index contributed by atoms with van der Waals surface area (Å²) in [6.07, 6.45) is 0.145. The highest BCUT2D eigenvalue weighted by atomic mass is 19.1. The van der Waals surface area contributed by atoms with Gasteiger partial charge in [-0.1, -0.05) is 13.8 Å². The van der Waals surface area contributed by atoms with Crippen LogP contribution in [0.15, 0.2) is 0 Å². The number of halogens is 1. The maximum Gasteiger partial charge on any atom is 0.113 e. The van der Waals surface area contributed by atoms with Crippen molar-refractivity contribution in [3.63, 3.8) is 0 Å². The van der Waals surface area contributed by atoms with Gasteiger partial charge in [0.15, 0.2) is 0 Å². The van der Waals surface area contributed by atoms with Crippen LogP contribution in [-0.4, -0.2) is 19.3 Å². The standard InChI is InChI=1S/C8H16FN/c1-6(2)7-3-8(9)5-10-4-7/h6-8,10H,3-5H2,1-2H3. The first-order chi connectivity index (χ1) is 4.70. The van der Waals surface area contributed by atoms with Gasteiger partial charge in [0.05, 0.1) is 0 Å². The monoisotopic (exact) mass is 145 g/mol. The SMILES string of the molecule is CC(C)C1CNCC(F)C1. The van der Waals surface area contributed by atoms with E-state index >= 15 is 0 Å². The first kappa shape index (κ1) is 7.99. The Kier molecular flexibility index (Phi) is 2.66. The van der Waals surface area contributed by atoms with Crippen LogP contribution in [0.1, 0.15) is 20.3 Å². The van der Waals surface area contributed by atoms with Crippen LogP contribution in [0.25, 0.3) is 0 Å². The van der Waals surface area contributed by atoms with E-state index in [2.05, 4.69) is 19.2 Å². The summed E-state index contributed by atoms with van der Waals surface area (Å²) >= 11 is 0. The van der Waals surface area contributed by atoms with E-state index in [9.17, 15) is 4.39 Å². The van der Waals surface area contributed by atoms with Gasteiger partial charge in [0, 0.05) is 6.54 Å². The predicted molar refractivity (Wildman–Crippen MR) is 40.7 cm³/mol. The summed E-state index contributed by atoms with van der Waals surface area (Å²) in [5.74, 6) is 1.16. The molecule has 0 bridgehead atoms. The third-order valence-corrected chi connectivity index (χ3v) is 2.27. The number of rotatable bonds is 1. The van der Waals surface area contributed by atoms with Crippen molar-refractivity contribution in [3.05, 3.63) is 0 Å². The highest BCUT2D eigenvalue weighted by molar-refractivity contribution is 4.77. The molecule has 1 saturated heterocycles. The molecular formula is C8H16FN. The summed E-state index contributed by atoms with van der Waals surface area (Å²) in [4.78, 5) is 0. The van der Waals surface area contributed by atoms with Crippen molar-refractivity contribution in [1.82, 2.24) is 5.32 Å². The van der Waals surface area contributed by atoms with Crippen LogP contribution in [0.2, 0.25) is 0 Å². The molecule has 10 heavy (non-hydrogen) atoms. The van der Waals surface area contributed by atoms with Gasteiger partial charge in [-0.3, -0.25) is 0 Å². The molecule has 2 atom stereocenters. The molecule has 2 heteroatoms. The second kappa shape index (κ2) is 3.33.